The molecule has 0 heterocycles. The van der Waals surface area contributed by atoms with Crippen molar-refractivity contribution in [3.63, 3.8) is 0 Å². The fraction of sp³-hybridized carbons (Fsp3) is 0.471. The van der Waals surface area contributed by atoms with Gasteiger partial charge >= 0.3 is 0 Å². The van der Waals surface area contributed by atoms with Gasteiger partial charge in [-0.3, -0.25) is 0 Å². The predicted octanol–water partition coefficient (Wildman–Crippen LogP) is 39.1. The molecule has 0 amide bonds. The molecule has 12 aliphatic carbocycles. The number of hydrogen-bond donors (Lipinski definition) is 0. The standard InChI is InChI=1S/C36H44.2C34H38.C32H42/c1-21-24-19-20-26-25-16-14-13-15-23(25)17-18-27(26)28(24)22(2)30-29(21)35(11)31(3,4)33(7,8)36(30,12)34(9,10)32(35,5)6;1-19-15-27-26(24-14-12-11-13-23(19)24)16-20(2)25-17-29-30(18-28(25)27)34(10)22(4)21(3)33(29,9)31(5,6)32(34,7)8;1-19-24-17-18-26-25-14-12-11-13-23(25)15-16-27(26)28(24)20(2)30-29(19)33(9)21(3)22(4)34(30,10)32(7,8)31(33,5)6;1-19-22-18-17-21-15-13-14-16-23(21)24(22)20(2)26-25(19)31(11)27(3,4)29(7,8)32(26,12)30(9,10)28(31,5)6/h13-20H,1-12H3;2*11-18H,1-10H3;13-18H,1-12H3. The summed E-state index contributed by atoms with van der Waals surface area (Å²) in [7, 11) is 0. The van der Waals surface area contributed by atoms with Crippen molar-refractivity contribution >= 4 is 118 Å². The highest BCUT2D eigenvalue weighted by Gasteiger charge is 2.82. The summed E-state index contributed by atoms with van der Waals surface area (Å²) in [5.41, 5.74) is 32.6. The van der Waals surface area contributed by atoms with E-state index in [-0.39, 0.29) is 108 Å². The lowest BCUT2D eigenvalue weighted by Crippen LogP contribution is -2.79. The molecule has 8 bridgehead atoms. The molecule has 0 spiro atoms. The molecule has 136 heavy (non-hydrogen) atoms. The smallest absolute Gasteiger partial charge is 0.0196 e. The maximum Gasteiger partial charge on any atom is 0.0196 e. The van der Waals surface area contributed by atoms with Gasteiger partial charge in [-0.05, 0) is 368 Å². The Kier molecular flexibility index (Phi) is 19.0. The van der Waals surface area contributed by atoms with Crippen molar-refractivity contribution in [3.05, 3.63) is 293 Å². The molecule has 27 rings (SSSR count). The molecule has 12 aliphatic rings. The number of rotatable bonds is 0. The van der Waals surface area contributed by atoms with Gasteiger partial charge in [0.05, 0.1) is 0 Å². The van der Waals surface area contributed by atoms with Crippen molar-refractivity contribution in [1.29, 1.82) is 0 Å². The maximum atomic E-state index is 2.62. The van der Waals surface area contributed by atoms with Crippen LogP contribution in [0.1, 0.15) is 338 Å². The van der Waals surface area contributed by atoms with Crippen LogP contribution >= 0.6 is 0 Å². The van der Waals surface area contributed by atoms with E-state index in [0.717, 1.165) is 0 Å². The molecule has 4 atom stereocenters. The Labute approximate surface area is 819 Å². The molecule has 0 radical (unpaired) electrons. The zero-order valence-electron chi connectivity index (χ0n) is 92.3. The SMILES string of the molecule is CC1=C(C)C2(C)c3c(c(C)c4ccc5c6ccccc6ccc5c4c3C)C1(C)C(C)(C)C2(C)C.CC1=C(C)C2(C)c3cc4c(cc3C1(C)C(C)(C)C2(C)C)c(C)cc1c2ccccc2c(C)cc41.Cc1c2c(c(C)c3c1ccc1c4ccccc4ccc13)C1(C)C(C)(C)C(C)(C)C2(C)C(C)(C)C1(C)C.Cc1c2c(c(C)c3c1ccc1ccccc13)C1(C)C(C)(C)C(C)(C)C2(C)C(C)(C)C1(C)C. The van der Waals surface area contributed by atoms with Crippen LogP contribution in [-0.4, -0.2) is 0 Å². The van der Waals surface area contributed by atoms with Crippen molar-refractivity contribution in [2.45, 2.75) is 348 Å². The summed E-state index contributed by atoms with van der Waals surface area (Å²) in [5.74, 6) is 0. The second-order valence-electron chi connectivity index (χ2n) is 53.4. The van der Waals surface area contributed by atoms with Crippen LogP contribution in [0.25, 0.3) is 118 Å². The first-order valence-corrected chi connectivity index (χ1v) is 52.2. The zero-order chi connectivity index (χ0) is 99.5. The molecule has 0 saturated heterocycles. The van der Waals surface area contributed by atoms with E-state index in [1.165, 1.54) is 163 Å². The monoisotopic (exact) mass is 1800 g/mol. The normalized spacial score (nSPS) is 28.6. The lowest BCUT2D eigenvalue weighted by Gasteiger charge is -2.82. The lowest BCUT2D eigenvalue weighted by atomic mass is 9.21. The molecule has 706 valence electrons. The fourth-order valence-corrected chi connectivity index (χ4v) is 36.1. The van der Waals surface area contributed by atoms with E-state index in [9.17, 15) is 0 Å². The number of aryl methyl sites for hydroxylation is 8. The average molecular weight is 1800 g/mol. The van der Waals surface area contributed by atoms with Gasteiger partial charge in [-0.1, -0.05) is 414 Å². The highest BCUT2D eigenvalue weighted by Crippen LogP contribution is 2.87. The molecule has 0 nitrogen and oxygen atoms in total. The second-order valence-corrected chi connectivity index (χ2v) is 53.4. The Balaban J connectivity index is 0.000000112. The largest absolute Gasteiger partial charge is 0.0626 e. The molecule has 4 unspecified atom stereocenters. The Morgan fingerprint density at radius 2 is 0.360 bits per heavy atom. The molecule has 2 saturated carbocycles. The van der Waals surface area contributed by atoms with Crippen molar-refractivity contribution in [2.24, 2.45) is 65.0 Å². The number of fused-ring (bicyclic) bond motifs is 24. The molecule has 2 fully saturated rings. The maximum absolute atomic E-state index is 2.62. The van der Waals surface area contributed by atoms with Crippen LogP contribution in [0, 0.1) is 120 Å². The van der Waals surface area contributed by atoms with E-state index in [1.807, 2.05) is 0 Å². The van der Waals surface area contributed by atoms with Gasteiger partial charge in [-0.25, -0.2) is 0 Å². The molecule has 15 aromatic carbocycles. The van der Waals surface area contributed by atoms with Gasteiger partial charge < -0.3 is 0 Å². The van der Waals surface area contributed by atoms with E-state index >= 15 is 0 Å². The summed E-state index contributed by atoms with van der Waals surface area (Å²) in [5, 5.41) is 30.7. The summed E-state index contributed by atoms with van der Waals surface area (Å²) in [6.07, 6.45) is 0. The predicted molar refractivity (Wildman–Crippen MR) is 597 cm³/mol. The Morgan fingerprint density at radius 3 is 0.721 bits per heavy atom. The summed E-state index contributed by atoms with van der Waals surface area (Å²) in [6.45, 7) is 110. The van der Waals surface area contributed by atoms with Crippen LogP contribution in [-0.2, 0) is 43.3 Å². The molecule has 0 N–H and O–H groups in total. The van der Waals surface area contributed by atoms with Crippen LogP contribution < -0.4 is 0 Å². The third kappa shape index (κ3) is 9.59. The molecule has 0 aromatic heterocycles. The summed E-state index contributed by atoms with van der Waals surface area (Å²) < 4.78 is 0. The Hall–Kier alpha value is -9.36. The number of benzene rings is 15. The van der Waals surface area contributed by atoms with E-state index in [2.05, 4.69) is 487 Å². The Morgan fingerprint density at radius 1 is 0.147 bits per heavy atom. The summed E-state index contributed by atoms with van der Waals surface area (Å²) >= 11 is 0. The fourth-order valence-electron chi connectivity index (χ4n) is 36.1. The molecule has 15 aromatic rings. The second kappa shape index (κ2) is 27.5. The Bertz CT molecular complexity index is 7970. The van der Waals surface area contributed by atoms with Gasteiger partial charge in [-0.2, -0.15) is 0 Å². The number of hydrogen-bond acceptors (Lipinski definition) is 0. The topological polar surface area (TPSA) is 0 Å². The minimum atomic E-state index is -0.00424. The van der Waals surface area contributed by atoms with Gasteiger partial charge in [-0.15, -0.1) is 0 Å². The van der Waals surface area contributed by atoms with E-state index < -0.39 is 0 Å². The third-order valence-electron chi connectivity index (χ3n) is 50.2. The van der Waals surface area contributed by atoms with Crippen LogP contribution in [0.4, 0.5) is 0 Å². The highest BCUT2D eigenvalue weighted by atomic mass is 14.9. The van der Waals surface area contributed by atoms with E-state index in [0.29, 0.717) is 0 Å². The van der Waals surface area contributed by atoms with Crippen molar-refractivity contribution < 1.29 is 0 Å². The molecular weight excluding hydrogens is 1630 g/mol. The molecular formula is C136H162. The summed E-state index contributed by atoms with van der Waals surface area (Å²) in [6, 6.07) is 69.2. The van der Waals surface area contributed by atoms with Crippen molar-refractivity contribution in [2.75, 3.05) is 0 Å². The third-order valence-corrected chi connectivity index (χ3v) is 50.2. The molecule has 0 heteroatoms. The van der Waals surface area contributed by atoms with Gasteiger partial charge in [0.25, 0.3) is 0 Å². The van der Waals surface area contributed by atoms with Crippen LogP contribution in [0.5, 0.6) is 0 Å². The van der Waals surface area contributed by atoms with Crippen LogP contribution in [0.15, 0.2) is 204 Å². The van der Waals surface area contributed by atoms with Gasteiger partial charge in [0.1, 0.15) is 0 Å². The minimum absolute atomic E-state index is 0.00380. The van der Waals surface area contributed by atoms with Crippen LogP contribution in [0.3, 0.4) is 0 Å². The quantitative estimate of drug-likeness (QED) is 0.105. The molecule has 0 aliphatic heterocycles. The minimum Gasteiger partial charge on any atom is -0.0626 e. The van der Waals surface area contributed by atoms with E-state index in [1.54, 1.807) is 66.8 Å². The van der Waals surface area contributed by atoms with E-state index in [4.69, 9.17) is 0 Å². The first-order chi connectivity index (χ1) is 62.7. The highest BCUT2D eigenvalue weighted by molar-refractivity contribution is 6.22. The first kappa shape index (κ1) is 94.2. The van der Waals surface area contributed by atoms with Gasteiger partial charge in [0.15, 0.2) is 0 Å². The van der Waals surface area contributed by atoms with Gasteiger partial charge in [0, 0.05) is 43.3 Å². The van der Waals surface area contributed by atoms with Crippen LogP contribution in [0.2, 0.25) is 0 Å². The number of allylic oxidation sites excluding steroid dienone is 4. The van der Waals surface area contributed by atoms with Gasteiger partial charge in [0.2, 0.25) is 0 Å². The first-order valence-electron chi connectivity index (χ1n) is 52.2. The average Bonchev–Trinajstić information content (AvgIpc) is 0.625. The zero-order valence-corrected chi connectivity index (χ0v) is 92.3. The van der Waals surface area contributed by atoms with Crippen molar-refractivity contribution in [3.8, 4) is 0 Å². The van der Waals surface area contributed by atoms with Crippen molar-refractivity contribution in [1.82, 2.24) is 0 Å². The summed E-state index contributed by atoms with van der Waals surface area (Å²) in [4.78, 5) is 0. The lowest BCUT2D eigenvalue weighted by molar-refractivity contribution is -0.247.